The number of hydrogen-bond acceptors (Lipinski definition) is 13. The summed E-state index contributed by atoms with van der Waals surface area (Å²) in [6.07, 6.45) is 0.706. The second kappa shape index (κ2) is 14.6. The predicted molar refractivity (Wildman–Crippen MR) is 174 cm³/mol. The molecule has 4 aromatic rings. The van der Waals surface area contributed by atoms with Gasteiger partial charge in [0.25, 0.3) is 5.91 Å². The first-order valence-corrected chi connectivity index (χ1v) is 16.2. The molecule has 0 aliphatic carbocycles. The number of carbonyl (C=O) groups excluding carboxylic acids is 1. The molecule has 2 aromatic carbocycles. The fourth-order valence-electron chi connectivity index (χ4n) is 6.18. The summed E-state index contributed by atoms with van der Waals surface area (Å²) in [5.41, 5.74) is 2.88. The van der Waals surface area contributed by atoms with Gasteiger partial charge in [0.15, 0.2) is 17.7 Å². The highest BCUT2D eigenvalue weighted by Crippen LogP contribution is 2.29. The van der Waals surface area contributed by atoms with Crippen molar-refractivity contribution in [2.75, 3.05) is 57.9 Å². The van der Waals surface area contributed by atoms with Crippen molar-refractivity contribution in [2.45, 2.75) is 37.3 Å². The van der Waals surface area contributed by atoms with Gasteiger partial charge < -0.3 is 30.1 Å². The first kappa shape index (κ1) is 32.5. The van der Waals surface area contributed by atoms with Gasteiger partial charge in [-0.15, -0.1) is 5.10 Å². The van der Waals surface area contributed by atoms with Crippen molar-refractivity contribution in [2.24, 2.45) is 0 Å². The molecule has 16 heteroatoms. The fraction of sp³-hybridized carbons (Fsp3) is 0.424. The summed E-state index contributed by atoms with van der Waals surface area (Å²) in [6, 6.07) is 16.0. The molecule has 3 aliphatic heterocycles. The minimum atomic E-state index is -1.49. The molecule has 3 fully saturated rings. The summed E-state index contributed by atoms with van der Waals surface area (Å²) in [5.74, 6) is 0.490. The summed E-state index contributed by atoms with van der Waals surface area (Å²) < 4.78 is 27.9. The van der Waals surface area contributed by atoms with E-state index in [0.717, 1.165) is 38.5 Å². The Morgan fingerprint density at radius 3 is 2.78 bits per heavy atom. The zero-order valence-electron chi connectivity index (χ0n) is 26.7. The third kappa shape index (κ3) is 7.34. The lowest BCUT2D eigenvalue weighted by Crippen LogP contribution is -2.56. The Morgan fingerprint density at radius 2 is 2.02 bits per heavy atom. The van der Waals surface area contributed by atoms with Crippen LogP contribution < -0.4 is 15.4 Å². The molecule has 0 spiro atoms. The highest BCUT2D eigenvalue weighted by Gasteiger charge is 2.35. The van der Waals surface area contributed by atoms with Gasteiger partial charge in [-0.1, -0.05) is 17.3 Å². The lowest BCUT2D eigenvalue weighted by atomic mass is 10.0. The van der Waals surface area contributed by atoms with Crippen LogP contribution in [0.3, 0.4) is 0 Å². The number of piperazine rings is 1. The normalized spacial score (nSPS) is 21.5. The number of alkyl halides is 1. The molecule has 15 nitrogen and oxygen atoms in total. The Balaban J connectivity index is 0.966. The molecule has 7 rings (SSSR count). The Kier molecular flexibility index (Phi) is 9.66. The standard InChI is InChI=1S/C33H36FN11O4/c34-26-15-44(32(47)28-17-45(11-12-46)42-41-28)9-7-30(26)49-29-6-3-22(13-23(29)14-35)31-37-20-38-33(40-31)39-24-4-1-21(2-5-24)27-16-43(10-8-36-27)25-18-48-19-25/h1-6,13,17,20,25-27,30,36,46H,7-12,15-16,18-19H2,(H,37,38,39,40)/t26-,27?,30+/m1/s1. The zero-order valence-corrected chi connectivity index (χ0v) is 26.7. The van der Waals surface area contributed by atoms with Gasteiger partial charge in [0.2, 0.25) is 5.95 Å². The molecule has 1 unspecified atom stereocenters. The summed E-state index contributed by atoms with van der Waals surface area (Å²) in [6.45, 7) is 4.65. The van der Waals surface area contributed by atoms with E-state index >= 15 is 4.39 Å². The van der Waals surface area contributed by atoms with Crippen LogP contribution in [0.2, 0.25) is 0 Å². The van der Waals surface area contributed by atoms with E-state index in [1.165, 1.54) is 27.7 Å². The smallest absolute Gasteiger partial charge is 0.276 e. The number of piperidine rings is 1. The number of benzene rings is 2. The minimum absolute atomic E-state index is 0.0798. The van der Waals surface area contributed by atoms with Crippen molar-refractivity contribution in [1.29, 1.82) is 5.26 Å². The maximum Gasteiger partial charge on any atom is 0.276 e. The highest BCUT2D eigenvalue weighted by molar-refractivity contribution is 5.92. The number of anilines is 2. The van der Waals surface area contributed by atoms with Crippen molar-refractivity contribution in [3.05, 3.63) is 71.8 Å². The number of ether oxygens (including phenoxy) is 2. The van der Waals surface area contributed by atoms with Gasteiger partial charge in [0.05, 0.1) is 50.7 Å². The highest BCUT2D eigenvalue weighted by atomic mass is 19.1. The summed E-state index contributed by atoms with van der Waals surface area (Å²) >= 11 is 0. The average molecular weight is 670 g/mol. The number of nitrogens with zero attached hydrogens (tertiary/aromatic N) is 9. The van der Waals surface area contributed by atoms with Crippen molar-refractivity contribution < 1.29 is 23.8 Å². The van der Waals surface area contributed by atoms with Crippen LogP contribution >= 0.6 is 0 Å². The number of likely N-dealkylation sites (tertiary alicyclic amines) is 1. The first-order chi connectivity index (χ1) is 24.0. The largest absolute Gasteiger partial charge is 0.486 e. The molecule has 3 atom stereocenters. The van der Waals surface area contributed by atoms with Gasteiger partial charge >= 0.3 is 0 Å². The fourth-order valence-corrected chi connectivity index (χ4v) is 6.18. The van der Waals surface area contributed by atoms with Crippen LogP contribution in [0, 0.1) is 11.3 Å². The maximum atomic E-state index is 15.2. The van der Waals surface area contributed by atoms with E-state index in [9.17, 15) is 10.1 Å². The molecule has 5 heterocycles. The molecule has 254 valence electrons. The minimum Gasteiger partial charge on any atom is -0.486 e. The Hall–Kier alpha value is -5.08. The van der Waals surface area contributed by atoms with Gasteiger partial charge in [0.1, 0.15) is 24.3 Å². The van der Waals surface area contributed by atoms with Gasteiger partial charge in [-0.05, 0) is 35.9 Å². The van der Waals surface area contributed by atoms with Crippen molar-refractivity contribution in [3.8, 4) is 23.2 Å². The maximum absolute atomic E-state index is 15.2. The number of amides is 1. The molecule has 1 amide bonds. The topological polar surface area (TPSA) is 179 Å². The number of halogens is 1. The number of nitriles is 1. The molecule has 0 radical (unpaired) electrons. The number of hydrogen-bond donors (Lipinski definition) is 3. The van der Waals surface area contributed by atoms with Gasteiger partial charge in [-0.3, -0.25) is 9.69 Å². The summed E-state index contributed by atoms with van der Waals surface area (Å²) in [5, 5.41) is 33.4. The second-order valence-electron chi connectivity index (χ2n) is 12.2. The Morgan fingerprint density at radius 1 is 1.16 bits per heavy atom. The number of rotatable bonds is 10. The van der Waals surface area contributed by atoms with Crippen LogP contribution in [0.5, 0.6) is 5.75 Å². The van der Waals surface area contributed by atoms with Crippen molar-refractivity contribution in [1.82, 2.24) is 45.1 Å². The molecule has 49 heavy (non-hydrogen) atoms. The molecule has 0 bridgehead atoms. The van der Waals surface area contributed by atoms with E-state index in [-0.39, 0.29) is 55.7 Å². The lowest BCUT2D eigenvalue weighted by Gasteiger charge is -2.42. The number of carbonyl (C=O) groups is 1. The molecule has 2 aromatic heterocycles. The number of aliphatic hydroxyl groups excluding tert-OH is 1. The Bertz CT molecular complexity index is 1810. The van der Waals surface area contributed by atoms with E-state index < -0.39 is 18.2 Å². The molecule has 3 saturated heterocycles. The third-order valence-corrected chi connectivity index (χ3v) is 8.98. The van der Waals surface area contributed by atoms with Crippen LogP contribution in [0.15, 0.2) is 55.0 Å². The molecular formula is C33H36FN11O4. The van der Waals surface area contributed by atoms with E-state index in [1.807, 2.05) is 12.1 Å². The predicted octanol–water partition coefficient (Wildman–Crippen LogP) is 1.71. The quantitative estimate of drug-likeness (QED) is 0.222. The molecular weight excluding hydrogens is 633 g/mol. The number of aromatic nitrogens is 6. The van der Waals surface area contributed by atoms with Gasteiger partial charge in [-0.2, -0.15) is 10.2 Å². The Labute approximate surface area is 281 Å². The summed E-state index contributed by atoms with van der Waals surface area (Å²) in [4.78, 5) is 29.8. The van der Waals surface area contributed by atoms with Gasteiger partial charge in [0, 0.05) is 49.9 Å². The molecule has 3 aliphatic rings. The van der Waals surface area contributed by atoms with Crippen molar-refractivity contribution >= 4 is 17.5 Å². The second-order valence-corrected chi connectivity index (χ2v) is 12.2. The third-order valence-electron chi connectivity index (χ3n) is 8.98. The molecule has 0 saturated carbocycles. The van der Waals surface area contributed by atoms with E-state index in [2.05, 4.69) is 59.0 Å². The SMILES string of the molecule is N#Cc1cc(-c2ncnc(Nc3ccc(C4CN(C5COC5)CCN4)cc3)n2)ccc1O[C@H]1CCN(C(=O)c2cn(CCO)nn2)C[C@H]1F. The van der Waals surface area contributed by atoms with Crippen molar-refractivity contribution in [3.63, 3.8) is 0 Å². The van der Waals surface area contributed by atoms with Crippen LogP contribution in [0.4, 0.5) is 16.0 Å². The monoisotopic (exact) mass is 669 g/mol. The average Bonchev–Trinajstić information content (AvgIpc) is 3.57. The summed E-state index contributed by atoms with van der Waals surface area (Å²) in [7, 11) is 0. The zero-order chi connectivity index (χ0) is 33.7. The van der Waals surface area contributed by atoms with E-state index in [0.29, 0.717) is 23.4 Å². The van der Waals surface area contributed by atoms with Crippen LogP contribution in [-0.4, -0.2) is 122 Å². The van der Waals surface area contributed by atoms with E-state index in [1.54, 1.807) is 18.2 Å². The van der Waals surface area contributed by atoms with Gasteiger partial charge in [-0.25, -0.2) is 19.0 Å². The number of aliphatic hydroxyl groups is 1. The van der Waals surface area contributed by atoms with Crippen LogP contribution in [0.1, 0.15) is 34.1 Å². The van der Waals surface area contributed by atoms with Crippen LogP contribution in [0.25, 0.3) is 11.4 Å². The molecule has 3 N–H and O–H groups in total. The van der Waals surface area contributed by atoms with Crippen LogP contribution in [-0.2, 0) is 11.3 Å². The number of nitrogens with one attached hydrogen (secondary N) is 2. The van der Waals surface area contributed by atoms with E-state index in [4.69, 9.17) is 14.6 Å². The first-order valence-electron chi connectivity index (χ1n) is 16.2. The lowest BCUT2D eigenvalue weighted by molar-refractivity contribution is -0.0723.